The molecule has 0 radical (unpaired) electrons. The minimum atomic E-state index is -0.581. The Hall–Kier alpha value is -0.940. The monoisotopic (exact) mass is 317 g/mol. The SMILES string of the molecule is CC(C)(CNCC1(O)CCCNC1)N1CCc2ccccc2C1. The Bertz CT molecular complexity index is 523. The van der Waals surface area contributed by atoms with Gasteiger partial charge in [-0.3, -0.25) is 4.90 Å². The van der Waals surface area contributed by atoms with Crippen LogP contribution < -0.4 is 10.6 Å². The van der Waals surface area contributed by atoms with Crippen LogP contribution in [0.4, 0.5) is 0 Å². The average Bonchev–Trinajstić information content (AvgIpc) is 2.54. The predicted octanol–water partition coefficient (Wildman–Crippen LogP) is 1.53. The molecule has 3 rings (SSSR count). The second-order valence-corrected chi connectivity index (χ2v) is 7.86. The number of aliphatic hydroxyl groups is 1. The summed E-state index contributed by atoms with van der Waals surface area (Å²) >= 11 is 0. The molecule has 2 aliphatic rings. The lowest BCUT2D eigenvalue weighted by Crippen LogP contribution is -2.56. The molecule has 1 saturated heterocycles. The summed E-state index contributed by atoms with van der Waals surface area (Å²) in [7, 11) is 0. The van der Waals surface area contributed by atoms with Crippen molar-refractivity contribution in [3.63, 3.8) is 0 Å². The molecule has 1 unspecified atom stereocenters. The Kier molecular flexibility index (Phi) is 5.07. The topological polar surface area (TPSA) is 47.5 Å². The van der Waals surface area contributed by atoms with Crippen molar-refractivity contribution in [2.75, 3.05) is 32.7 Å². The first-order chi connectivity index (χ1) is 11.0. The molecule has 1 fully saturated rings. The lowest BCUT2D eigenvalue weighted by Gasteiger charge is -2.42. The zero-order valence-corrected chi connectivity index (χ0v) is 14.6. The summed E-state index contributed by atoms with van der Waals surface area (Å²) in [5, 5.41) is 17.4. The van der Waals surface area contributed by atoms with Crippen molar-refractivity contribution in [3.8, 4) is 0 Å². The van der Waals surface area contributed by atoms with E-state index in [-0.39, 0.29) is 5.54 Å². The van der Waals surface area contributed by atoms with Crippen LogP contribution in [-0.2, 0) is 13.0 Å². The van der Waals surface area contributed by atoms with E-state index in [4.69, 9.17) is 0 Å². The molecule has 2 heterocycles. The number of rotatable bonds is 5. The first-order valence-electron chi connectivity index (χ1n) is 8.94. The highest BCUT2D eigenvalue weighted by Crippen LogP contribution is 2.25. The fraction of sp³-hybridized carbons (Fsp3) is 0.684. The third-order valence-electron chi connectivity index (χ3n) is 5.45. The van der Waals surface area contributed by atoms with Gasteiger partial charge in [-0.05, 0) is 50.8 Å². The number of nitrogens with zero attached hydrogens (tertiary/aromatic N) is 1. The lowest BCUT2D eigenvalue weighted by molar-refractivity contribution is 0.0123. The van der Waals surface area contributed by atoms with Crippen LogP contribution in [0.2, 0.25) is 0 Å². The van der Waals surface area contributed by atoms with Crippen molar-refractivity contribution in [2.24, 2.45) is 0 Å². The second kappa shape index (κ2) is 6.89. The first-order valence-corrected chi connectivity index (χ1v) is 8.94. The van der Waals surface area contributed by atoms with Crippen LogP contribution in [0.15, 0.2) is 24.3 Å². The highest BCUT2D eigenvalue weighted by molar-refractivity contribution is 5.29. The Labute approximate surface area is 140 Å². The van der Waals surface area contributed by atoms with E-state index in [2.05, 4.69) is 53.6 Å². The molecule has 1 atom stereocenters. The van der Waals surface area contributed by atoms with Crippen LogP contribution in [0, 0.1) is 0 Å². The van der Waals surface area contributed by atoms with Gasteiger partial charge in [0.05, 0.1) is 5.60 Å². The van der Waals surface area contributed by atoms with E-state index in [1.165, 1.54) is 11.1 Å². The zero-order valence-electron chi connectivity index (χ0n) is 14.6. The summed E-state index contributed by atoms with van der Waals surface area (Å²) < 4.78 is 0. The quantitative estimate of drug-likeness (QED) is 0.771. The van der Waals surface area contributed by atoms with Crippen molar-refractivity contribution >= 4 is 0 Å². The minimum absolute atomic E-state index is 0.0893. The summed E-state index contributed by atoms with van der Waals surface area (Å²) in [6.45, 7) is 10.0. The zero-order chi connectivity index (χ0) is 16.3. The molecule has 0 spiro atoms. The van der Waals surface area contributed by atoms with Crippen molar-refractivity contribution < 1.29 is 5.11 Å². The normalized spacial score (nSPS) is 26.0. The van der Waals surface area contributed by atoms with Gasteiger partial charge in [0.15, 0.2) is 0 Å². The number of β-amino-alcohol motifs (C(OH)–C–C–N with tert-alkyl or cyclic N) is 1. The smallest absolute Gasteiger partial charge is 0.0895 e. The van der Waals surface area contributed by atoms with Crippen molar-refractivity contribution in [2.45, 2.75) is 50.8 Å². The van der Waals surface area contributed by atoms with Gasteiger partial charge in [-0.2, -0.15) is 0 Å². The fourth-order valence-electron chi connectivity index (χ4n) is 3.83. The van der Waals surface area contributed by atoms with Crippen LogP contribution in [0.3, 0.4) is 0 Å². The molecule has 3 N–H and O–H groups in total. The number of hydrogen-bond acceptors (Lipinski definition) is 4. The first kappa shape index (κ1) is 16.9. The molecule has 128 valence electrons. The summed E-state index contributed by atoms with van der Waals surface area (Å²) in [5.74, 6) is 0. The summed E-state index contributed by atoms with van der Waals surface area (Å²) in [6.07, 6.45) is 3.09. The molecule has 0 saturated carbocycles. The van der Waals surface area contributed by atoms with Crippen LogP contribution in [0.1, 0.15) is 37.8 Å². The number of piperidine rings is 1. The molecule has 1 aromatic carbocycles. The molecule has 23 heavy (non-hydrogen) atoms. The fourth-order valence-corrected chi connectivity index (χ4v) is 3.83. The molecule has 0 aromatic heterocycles. The van der Waals surface area contributed by atoms with Gasteiger partial charge < -0.3 is 15.7 Å². The van der Waals surface area contributed by atoms with E-state index >= 15 is 0 Å². The number of fused-ring (bicyclic) bond motifs is 1. The Morgan fingerprint density at radius 1 is 1.30 bits per heavy atom. The van der Waals surface area contributed by atoms with E-state index in [1.54, 1.807) is 0 Å². The van der Waals surface area contributed by atoms with E-state index in [9.17, 15) is 5.11 Å². The van der Waals surface area contributed by atoms with E-state index in [0.29, 0.717) is 13.1 Å². The second-order valence-electron chi connectivity index (χ2n) is 7.86. The molecule has 0 aliphatic carbocycles. The van der Waals surface area contributed by atoms with Gasteiger partial charge in [-0.25, -0.2) is 0 Å². The lowest BCUT2D eigenvalue weighted by atomic mass is 9.92. The molecular weight excluding hydrogens is 286 g/mol. The van der Waals surface area contributed by atoms with Crippen LogP contribution in [-0.4, -0.2) is 53.9 Å². The maximum atomic E-state index is 10.6. The summed E-state index contributed by atoms with van der Waals surface area (Å²) in [5.41, 5.74) is 2.46. The van der Waals surface area contributed by atoms with Gasteiger partial charge in [-0.15, -0.1) is 0 Å². The molecule has 2 aliphatic heterocycles. The Morgan fingerprint density at radius 2 is 2.09 bits per heavy atom. The number of hydrogen-bond donors (Lipinski definition) is 3. The van der Waals surface area contributed by atoms with Crippen molar-refractivity contribution in [1.82, 2.24) is 15.5 Å². The summed E-state index contributed by atoms with van der Waals surface area (Å²) in [4.78, 5) is 2.56. The van der Waals surface area contributed by atoms with Gasteiger partial charge >= 0.3 is 0 Å². The van der Waals surface area contributed by atoms with Gasteiger partial charge in [0, 0.05) is 38.3 Å². The standard InChI is InChI=1S/C19H31N3O/c1-18(2,13-21-15-19(23)9-5-10-20-14-19)22-11-8-16-6-3-4-7-17(16)12-22/h3-4,6-7,20-21,23H,5,8-15H2,1-2H3. The molecule has 0 amide bonds. The predicted molar refractivity (Wildman–Crippen MR) is 94.6 cm³/mol. The maximum Gasteiger partial charge on any atom is 0.0895 e. The third-order valence-corrected chi connectivity index (χ3v) is 5.45. The minimum Gasteiger partial charge on any atom is -0.387 e. The third kappa shape index (κ3) is 4.13. The van der Waals surface area contributed by atoms with Crippen molar-refractivity contribution in [3.05, 3.63) is 35.4 Å². The van der Waals surface area contributed by atoms with E-state index in [0.717, 1.165) is 45.4 Å². The van der Waals surface area contributed by atoms with Crippen molar-refractivity contribution in [1.29, 1.82) is 0 Å². The van der Waals surface area contributed by atoms with Gasteiger partial charge in [0.25, 0.3) is 0 Å². The van der Waals surface area contributed by atoms with Crippen LogP contribution in [0.25, 0.3) is 0 Å². The van der Waals surface area contributed by atoms with Gasteiger partial charge in [0.2, 0.25) is 0 Å². The van der Waals surface area contributed by atoms with E-state index < -0.39 is 5.60 Å². The molecule has 4 nitrogen and oxygen atoms in total. The molecular formula is C19H31N3O. The number of benzene rings is 1. The number of nitrogens with one attached hydrogen (secondary N) is 2. The Balaban J connectivity index is 1.53. The molecule has 0 bridgehead atoms. The Morgan fingerprint density at radius 3 is 2.83 bits per heavy atom. The summed E-state index contributed by atoms with van der Waals surface area (Å²) in [6, 6.07) is 8.78. The maximum absolute atomic E-state index is 10.6. The van der Waals surface area contributed by atoms with Crippen LogP contribution in [0.5, 0.6) is 0 Å². The van der Waals surface area contributed by atoms with Gasteiger partial charge in [-0.1, -0.05) is 24.3 Å². The highest BCUT2D eigenvalue weighted by Gasteiger charge is 2.32. The van der Waals surface area contributed by atoms with E-state index in [1.807, 2.05) is 0 Å². The highest BCUT2D eigenvalue weighted by atomic mass is 16.3. The molecule has 1 aromatic rings. The van der Waals surface area contributed by atoms with Crippen LogP contribution >= 0.6 is 0 Å². The molecule has 4 heteroatoms. The largest absolute Gasteiger partial charge is 0.387 e. The van der Waals surface area contributed by atoms with Gasteiger partial charge in [0.1, 0.15) is 0 Å². The average molecular weight is 317 g/mol.